The van der Waals surface area contributed by atoms with E-state index < -0.39 is 0 Å². The van der Waals surface area contributed by atoms with Crippen LogP contribution >= 0.6 is 39.0 Å². The van der Waals surface area contributed by atoms with Crippen LogP contribution in [-0.4, -0.2) is 4.98 Å². The molecule has 0 saturated carbocycles. The van der Waals surface area contributed by atoms with Crippen molar-refractivity contribution in [1.29, 1.82) is 0 Å². The summed E-state index contributed by atoms with van der Waals surface area (Å²) in [6, 6.07) is 6.29. The molecular formula is C12H13BrN2S2. The molecule has 0 unspecified atom stereocenters. The normalized spacial score (nSPS) is 12.7. The lowest BCUT2D eigenvalue weighted by Crippen LogP contribution is -2.04. The molecule has 0 bridgehead atoms. The van der Waals surface area contributed by atoms with Gasteiger partial charge in [-0.3, -0.25) is 0 Å². The molecule has 1 heterocycles. The second-order valence-corrected chi connectivity index (χ2v) is 6.84. The Morgan fingerprint density at radius 2 is 2.24 bits per heavy atom. The average Bonchev–Trinajstić information content (AvgIpc) is 2.67. The first-order chi connectivity index (χ1) is 8.06. The number of aromatic nitrogens is 1. The summed E-state index contributed by atoms with van der Waals surface area (Å²) in [6.45, 7) is 3.99. The van der Waals surface area contributed by atoms with Crippen molar-refractivity contribution in [3.05, 3.63) is 39.3 Å². The van der Waals surface area contributed by atoms with Crippen molar-refractivity contribution < 1.29 is 0 Å². The van der Waals surface area contributed by atoms with E-state index in [0.29, 0.717) is 0 Å². The smallest absolute Gasteiger partial charge is 0.154 e. The predicted octanol–water partition coefficient (Wildman–Crippen LogP) is 4.38. The van der Waals surface area contributed by atoms with Crippen molar-refractivity contribution in [2.24, 2.45) is 5.73 Å². The van der Waals surface area contributed by atoms with Gasteiger partial charge in [0, 0.05) is 26.5 Å². The molecule has 0 aliphatic heterocycles. The summed E-state index contributed by atoms with van der Waals surface area (Å²) in [5, 5.41) is 2.06. The first kappa shape index (κ1) is 13.1. The number of aryl methyl sites for hydroxylation is 1. The quantitative estimate of drug-likeness (QED) is 0.908. The molecular weight excluding hydrogens is 316 g/mol. The lowest BCUT2D eigenvalue weighted by molar-refractivity contribution is 0.815. The molecule has 0 amide bonds. The summed E-state index contributed by atoms with van der Waals surface area (Å²) >= 11 is 6.93. The fraction of sp³-hybridized carbons (Fsp3) is 0.250. The van der Waals surface area contributed by atoms with Gasteiger partial charge in [-0.05, 0) is 47.5 Å². The third-order valence-electron chi connectivity index (χ3n) is 2.28. The lowest BCUT2D eigenvalue weighted by Gasteiger charge is -2.08. The summed E-state index contributed by atoms with van der Waals surface area (Å²) < 4.78 is 2.14. The largest absolute Gasteiger partial charge is 0.324 e. The molecule has 17 heavy (non-hydrogen) atoms. The minimum absolute atomic E-state index is 0.0625. The Kier molecular flexibility index (Phi) is 4.25. The molecule has 0 radical (unpaired) electrons. The lowest BCUT2D eigenvalue weighted by atomic mass is 10.1. The molecule has 2 aromatic rings. The fourth-order valence-corrected chi connectivity index (χ4v) is 3.79. The maximum atomic E-state index is 5.85. The van der Waals surface area contributed by atoms with E-state index in [1.54, 1.807) is 23.1 Å². The van der Waals surface area contributed by atoms with Gasteiger partial charge in [-0.25, -0.2) is 4.98 Å². The minimum Gasteiger partial charge on any atom is -0.324 e. The molecule has 2 N–H and O–H groups in total. The van der Waals surface area contributed by atoms with Crippen LogP contribution < -0.4 is 5.73 Å². The topological polar surface area (TPSA) is 38.9 Å². The van der Waals surface area contributed by atoms with E-state index >= 15 is 0 Å². The van der Waals surface area contributed by atoms with Crippen LogP contribution in [0.1, 0.15) is 24.2 Å². The maximum absolute atomic E-state index is 5.85. The monoisotopic (exact) mass is 328 g/mol. The van der Waals surface area contributed by atoms with Crippen LogP contribution in [0.3, 0.4) is 0 Å². The van der Waals surface area contributed by atoms with Crippen LogP contribution in [0, 0.1) is 6.92 Å². The number of thiazole rings is 1. The van der Waals surface area contributed by atoms with E-state index in [1.165, 1.54) is 4.90 Å². The van der Waals surface area contributed by atoms with Crippen LogP contribution in [0.4, 0.5) is 0 Å². The molecule has 1 atom stereocenters. The van der Waals surface area contributed by atoms with Crippen molar-refractivity contribution in [2.75, 3.05) is 0 Å². The molecule has 0 spiro atoms. The molecule has 5 heteroatoms. The molecule has 2 rings (SSSR count). The predicted molar refractivity (Wildman–Crippen MR) is 77.7 cm³/mol. The summed E-state index contributed by atoms with van der Waals surface area (Å²) in [7, 11) is 0. The third-order valence-corrected chi connectivity index (χ3v) is 5.33. The Balaban J connectivity index is 2.22. The maximum Gasteiger partial charge on any atom is 0.154 e. The number of nitrogens with two attached hydrogens (primary N) is 1. The zero-order chi connectivity index (χ0) is 12.4. The van der Waals surface area contributed by atoms with Gasteiger partial charge in [0.2, 0.25) is 0 Å². The highest BCUT2D eigenvalue weighted by Crippen LogP contribution is 2.36. The number of rotatable bonds is 3. The van der Waals surface area contributed by atoms with E-state index in [0.717, 1.165) is 20.1 Å². The van der Waals surface area contributed by atoms with Crippen LogP contribution in [0.25, 0.3) is 0 Å². The van der Waals surface area contributed by atoms with Crippen molar-refractivity contribution in [3.63, 3.8) is 0 Å². The Labute approximate surface area is 118 Å². The van der Waals surface area contributed by atoms with E-state index in [9.17, 15) is 0 Å². The van der Waals surface area contributed by atoms with E-state index in [1.807, 2.05) is 13.8 Å². The fourth-order valence-electron chi connectivity index (χ4n) is 1.36. The van der Waals surface area contributed by atoms with Crippen molar-refractivity contribution in [3.8, 4) is 0 Å². The Hall–Kier alpha value is -0.360. The van der Waals surface area contributed by atoms with E-state index in [4.69, 9.17) is 5.73 Å². The molecule has 0 aliphatic rings. The Morgan fingerprint density at radius 1 is 1.47 bits per heavy atom. The van der Waals surface area contributed by atoms with Gasteiger partial charge in [0.1, 0.15) is 0 Å². The summed E-state index contributed by atoms with van der Waals surface area (Å²) in [5.74, 6) is 0. The molecule has 1 aromatic heterocycles. The van der Waals surface area contributed by atoms with E-state index in [2.05, 4.69) is 44.5 Å². The van der Waals surface area contributed by atoms with Gasteiger partial charge in [-0.15, -0.1) is 11.3 Å². The zero-order valence-corrected chi connectivity index (χ0v) is 12.8. The summed E-state index contributed by atoms with van der Waals surface area (Å²) in [5.41, 5.74) is 8.06. The van der Waals surface area contributed by atoms with Crippen LogP contribution in [0.2, 0.25) is 0 Å². The molecule has 2 nitrogen and oxygen atoms in total. The molecule has 0 fully saturated rings. The highest BCUT2D eigenvalue weighted by molar-refractivity contribution is 9.10. The standard InChI is InChI=1S/C12H13BrN2S2/c1-7-6-16-12(15-7)17-11-4-3-9(8(2)14)5-10(11)13/h3-6,8H,14H2,1-2H3/t8-/m0/s1. The van der Waals surface area contributed by atoms with Gasteiger partial charge in [-0.2, -0.15) is 0 Å². The Morgan fingerprint density at radius 3 is 2.76 bits per heavy atom. The molecule has 0 saturated heterocycles. The number of nitrogens with zero attached hydrogens (tertiary/aromatic N) is 1. The second kappa shape index (κ2) is 5.52. The van der Waals surface area contributed by atoms with Gasteiger partial charge in [0.15, 0.2) is 4.34 Å². The number of hydrogen-bond donors (Lipinski definition) is 1. The molecule has 0 aliphatic carbocycles. The first-order valence-corrected chi connectivity index (χ1v) is 7.70. The molecule has 90 valence electrons. The van der Waals surface area contributed by atoms with Gasteiger partial charge in [-0.1, -0.05) is 17.8 Å². The SMILES string of the molecule is Cc1csc(Sc2ccc([C@H](C)N)cc2Br)n1. The summed E-state index contributed by atoms with van der Waals surface area (Å²) in [6.07, 6.45) is 0. The van der Waals surface area contributed by atoms with E-state index in [-0.39, 0.29) is 6.04 Å². The van der Waals surface area contributed by atoms with Crippen LogP contribution in [0.5, 0.6) is 0 Å². The van der Waals surface area contributed by atoms with Gasteiger partial charge in [0.05, 0.1) is 0 Å². The Bertz CT molecular complexity index is 523. The van der Waals surface area contributed by atoms with Crippen LogP contribution in [0.15, 0.2) is 37.3 Å². The third kappa shape index (κ3) is 3.31. The highest BCUT2D eigenvalue weighted by Gasteiger charge is 2.08. The number of benzene rings is 1. The highest BCUT2D eigenvalue weighted by atomic mass is 79.9. The van der Waals surface area contributed by atoms with Crippen molar-refractivity contribution >= 4 is 39.0 Å². The van der Waals surface area contributed by atoms with Gasteiger partial charge >= 0.3 is 0 Å². The van der Waals surface area contributed by atoms with Gasteiger partial charge < -0.3 is 5.73 Å². The summed E-state index contributed by atoms with van der Waals surface area (Å²) in [4.78, 5) is 5.61. The minimum atomic E-state index is 0.0625. The first-order valence-electron chi connectivity index (χ1n) is 5.21. The van der Waals surface area contributed by atoms with Crippen molar-refractivity contribution in [1.82, 2.24) is 4.98 Å². The zero-order valence-electron chi connectivity index (χ0n) is 9.61. The van der Waals surface area contributed by atoms with Crippen LogP contribution in [-0.2, 0) is 0 Å². The van der Waals surface area contributed by atoms with Gasteiger partial charge in [0.25, 0.3) is 0 Å². The van der Waals surface area contributed by atoms with Crippen molar-refractivity contribution in [2.45, 2.75) is 29.1 Å². The number of halogens is 1. The second-order valence-electron chi connectivity index (χ2n) is 3.84. The molecule has 1 aromatic carbocycles. The number of hydrogen-bond acceptors (Lipinski definition) is 4. The average molecular weight is 329 g/mol.